The molecule has 37 heavy (non-hydrogen) atoms. The van der Waals surface area contributed by atoms with Gasteiger partial charge in [0.05, 0.1) is 0 Å². The number of fused-ring (bicyclic) bond motifs is 1. The first-order valence-corrected chi connectivity index (χ1v) is 13.2. The van der Waals surface area contributed by atoms with Crippen molar-refractivity contribution in [2.24, 2.45) is 5.73 Å². The Kier molecular flexibility index (Phi) is 8.54. The van der Waals surface area contributed by atoms with Crippen LogP contribution in [0.25, 0.3) is 16.7 Å². The lowest BCUT2D eigenvalue weighted by Gasteiger charge is -2.36. The Morgan fingerprint density at radius 1 is 1.00 bits per heavy atom. The molecule has 1 aliphatic heterocycles. The van der Waals surface area contributed by atoms with Gasteiger partial charge in [-0.25, -0.2) is 4.98 Å². The molecule has 1 saturated heterocycles. The molecule has 0 aliphatic carbocycles. The average molecular weight is 518 g/mol. The second-order valence-electron chi connectivity index (χ2n) is 11.0. The number of thiol groups is 1. The Hall–Kier alpha value is -2.91. The molecular weight excluding hydrogens is 478 g/mol. The molecule has 2 aromatic carbocycles. The van der Waals surface area contributed by atoms with Crippen molar-refractivity contribution in [2.45, 2.75) is 63.7 Å². The standard InChI is InChI=1S/C25H28N6S.C4H11N/c1-17-14-30(15-18(2)27-17)16-19-3-5-21(6-4-19)28-25-26-13-20-11-12-31(24(20)29-25)22-7-9-23(32)10-8-22;1-4(2,3)5/h3-13,17-18,27,32H,14-16H2,1-2H3,(H,26,28,29);5H2,1-3H3/t17-,18+;. The van der Waals surface area contributed by atoms with Crippen LogP contribution in [-0.4, -0.2) is 50.1 Å². The normalized spacial score (nSPS) is 18.4. The third-order valence-electron chi connectivity index (χ3n) is 5.80. The molecule has 0 bridgehead atoms. The summed E-state index contributed by atoms with van der Waals surface area (Å²) in [5.41, 5.74) is 9.56. The summed E-state index contributed by atoms with van der Waals surface area (Å²) in [6.07, 6.45) is 3.87. The molecule has 0 radical (unpaired) electrons. The van der Waals surface area contributed by atoms with Crippen LogP contribution in [0.15, 0.2) is 71.9 Å². The van der Waals surface area contributed by atoms with E-state index in [9.17, 15) is 0 Å². The summed E-state index contributed by atoms with van der Waals surface area (Å²) in [7, 11) is 0. The third-order valence-corrected chi connectivity index (χ3v) is 6.10. The van der Waals surface area contributed by atoms with E-state index in [-0.39, 0.29) is 5.54 Å². The van der Waals surface area contributed by atoms with Gasteiger partial charge in [-0.05, 0) is 82.6 Å². The van der Waals surface area contributed by atoms with E-state index in [4.69, 9.17) is 10.7 Å². The van der Waals surface area contributed by atoms with E-state index in [1.54, 1.807) is 0 Å². The Labute approximate surface area is 225 Å². The molecule has 8 heteroatoms. The maximum atomic E-state index is 5.35. The van der Waals surface area contributed by atoms with Gasteiger partial charge in [0.15, 0.2) is 0 Å². The fourth-order valence-electron chi connectivity index (χ4n) is 4.45. The first-order chi connectivity index (χ1) is 17.5. The zero-order chi connectivity index (χ0) is 26.6. The highest BCUT2D eigenvalue weighted by Crippen LogP contribution is 2.22. The Morgan fingerprint density at radius 2 is 1.62 bits per heavy atom. The van der Waals surface area contributed by atoms with Gasteiger partial charge in [0, 0.05) is 71.3 Å². The number of hydrogen-bond acceptors (Lipinski definition) is 7. The number of nitrogens with one attached hydrogen (secondary N) is 2. The smallest absolute Gasteiger partial charge is 0.229 e. The number of anilines is 2. The number of aromatic nitrogens is 3. The molecule has 5 rings (SSSR count). The third kappa shape index (κ3) is 8.04. The van der Waals surface area contributed by atoms with E-state index in [0.29, 0.717) is 18.0 Å². The first-order valence-electron chi connectivity index (χ1n) is 12.8. The molecule has 0 unspecified atom stereocenters. The van der Waals surface area contributed by atoms with Gasteiger partial charge in [0.2, 0.25) is 5.95 Å². The van der Waals surface area contributed by atoms with E-state index < -0.39 is 0 Å². The van der Waals surface area contributed by atoms with Crippen LogP contribution in [0.3, 0.4) is 0 Å². The Balaban J connectivity index is 0.000000586. The van der Waals surface area contributed by atoms with Crippen LogP contribution in [0.5, 0.6) is 0 Å². The van der Waals surface area contributed by atoms with Gasteiger partial charge < -0.3 is 20.9 Å². The Morgan fingerprint density at radius 3 is 2.24 bits per heavy atom. The van der Waals surface area contributed by atoms with Crippen molar-refractivity contribution >= 4 is 35.3 Å². The first kappa shape index (κ1) is 27.1. The van der Waals surface area contributed by atoms with Gasteiger partial charge in [0.25, 0.3) is 0 Å². The van der Waals surface area contributed by atoms with E-state index in [0.717, 1.165) is 46.9 Å². The van der Waals surface area contributed by atoms with E-state index in [1.165, 1.54) is 5.56 Å². The SMILES string of the molecule is CC(C)(C)N.C[C@@H]1CN(Cc2ccc(Nc3ncc4ccn(-c5ccc(S)cc5)c4n3)cc2)C[C@H](C)N1. The minimum Gasteiger partial charge on any atom is -0.326 e. The van der Waals surface area contributed by atoms with E-state index >= 15 is 0 Å². The summed E-state index contributed by atoms with van der Waals surface area (Å²) in [6, 6.07) is 19.7. The largest absolute Gasteiger partial charge is 0.326 e. The number of benzene rings is 2. The molecule has 7 nitrogen and oxygen atoms in total. The van der Waals surface area contributed by atoms with Crippen LogP contribution in [0.1, 0.15) is 40.2 Å². The zero-order valence-electron chi connectivity index (χ0n) is 22.4. The average Bonchev–Trinajstić information content (AvgIpc) is 3.22. The summed E-state index contributed by atoms with van der Waals surface area (Å²) in [5.74, 6) is 0.584. The summed E-state index contributed by atoms with van der Waals surface area (Å²) in [5, 5.41) is 7.94. The molecule has 4 aromatic rings. The van der Waals surface area contributed by atoms with Crippen molar-refractivity contribution in [1.82, 2.24) is 24.8 Å². The lowest BCUT2D eigenvalue weighted by molar-refractivity contribution is 0.166. The number of nitrogens with zero attached hydrogens (tertiary/aromatic N) is 4. The number of nitrogens with two attached hydrogens (primary N) is 1. The lowest BCUT2D eigenvalue weighted by Crippen LogP contribution is -2.53. The second kappa shape index (κ2) is 11.6. The Bertz CT molecular complexity index is 1280. The monoisotopic (exact) mass is 517 g/mol. The highest BCUT2D eigenvalue weighted by Gasteiger charge is 2.20. The lowest BCUT2D eigenvalue weighted by atomic mass is 10.1. The van der Waals surface area contributed by atoms with Crippen molar-refractivity contribution in [1.29, 1.82) is 0 Å². The van der Waals surface area contributed by atoms with Gasteiger partial charge >= 0.3 is 0 Å². The van der Waals surface area contributed by atoms with E-state index in [2.05, 4.69) is 75.8 Å². The summed E-state index contributed by atoms with van der Waals surface area (Å²) < 4.78 is 2.06. The predicted molar refractivity (Wildman–Crippen MR) is 157 cm³/mol. The van der Waals surface area contributed by atoms with Gasteiger partial charge in [-0.15, -0.1) is 12.6 Å². The number of hydrogen-bond donors (Lipinski definition) is 4. The van der Waals surface area contributed by atoms with Gasteiger partial charge in [-0.2, -0.15) is 4.98 Å². The fraction of sp³-hybridized carbons (Fsp3) is 0.379. The molecular formula is C29H39N7S. The highest BCUT2D eigenvalue weighted by atomic mass is 32.1. The van der Waals surface area contributed by atoms with Crippen LogP contribution in [-0.2, 0) is 6.54 Å². The second-order valence-corrected chi connectivity index (χ2v) is 11.5. The number of piperazine rings is 1. The van der Waals surface area contributed by atoms with Gasteiger partial charge in [0.1, 0.15) is 5.65 Å². The van der Waals surface area contributed by atoms with Crippen LogP contribution in [0.2, 0.25) is 0 Å². The topological polar surface area (TPSA) is 84.0 Å². The predicted octanol–water partition coefficient (Wildman–Crippen LogP) is 5.38. The fourth-order valence-corrected chi connectivity index (χ4v) is 4.60. The molecule has 2 aromatic heterocycles. The molecule has 1 fully saturated rings. The molecule has 0 spiro atoms. The molecule has 4 N–H and O–H groups in total. The maximum absolute atomic E-state index is 5.35. The van der Waals surface area contributed by atoms with Crippen LogP contribution in [0, 0.1) is 0 Å². The van der Waals surface area contributed by atoms with Crippen LogP contribution in [0.4, 0.5) is 11.6 Å². The van der Waals surface area contributed by atoms with Crippen molar-refractivity contribution in [2.75, 3.05) is 18.4 Å². The molecule has 0 saturated carbocycles. The van der Waals surface area contributed by atoms with Crippen LogP contribution < -0.4 is 16.4 Å². The zero-order valence-corrected chi connectivity index (χ0v) is 23.3. The quantitative estimate of drug-likeness (QED) is 0.266. The van der Waals surface area contributed by atoms with Gasteiger partial charge in [-0.1, -0.05) is 12.1 Å². The summed E-state index contributed by atoms with van der Waals surface area (Å²) >= 11 is 4.38. The van der Waals surface area contributed by atoms with E-state index in [1.807, 2.05) is 63.5 Å². The molecule has 1 aliphatic rings. The van der Waals surface area contributed by atoms with Crippen molar-refractivity contribution in [3.05, 3.63) is 72.6 Å². The van der Waals surface area contributed by atoms with Gasteiger partial charge in [-0.3, -0.25) is 4.90 Å². The summed E-state index contributed by atoms with van der Waals surface area (Å²) in [4.78, 5) is 12.7. The van der Waals surface area contributed by atoms with Crippen molar-refractivity contribution < 1.29 is 0 Å². The number of rotatable bonds is 5. The van der Waals surface area contributed by atoms with Crippen LogP contribution >= 0.6 is 12.6 Å². The molecule has 196 valence electrons. The van der Waals surface area contributed by atoms with Crippen molar-refractivity contribution in [3.8, 4) is 5.69 Å². The molecule has 2 atom stereocenters. The maximum Gasteiger partial charge on any atom is 0.229 e. The minimum atomic E-state index is 0. The molecule has 0 amide bonds. The minimum absolute atomic E-state index is 0. The summed E-state index contributed by atoms with van der Waals surface area (Å²) in [6.45, 7) is 13.5. The van der Waals surface area contributed by atoms with Crippen molar-refractivity contribution in [3.63, 3.8) is 0 Å². The molecule has 3 heterocycles. The highest BCUT2D eigenvalue weighted by molar-refractivity contribution is 7.80.